The number of aliphatic hydroxyl groups is 2. The van der Waals surface area contributed by atoms with Crippen LogP contribution in [0.25, 0.3) is 11.2 Å². The quantitative estimate of drug-likeness (QED) is 0.571. The van der Waals surface area contributed by atoms with Crippen molar-refractivity contribution in [2.75, 3.05) is 5.73 Å². The van der Waals surface area contributed by atoms with Gasteiger partial charge in [0.25, 0.3) is 0 Å². The second kappa shape index (κ2) is 3.60. The minimum absolute atomic E-state index is 0.259. The van der Waals surface area contributed by atoms with Crippen LogP contribution in [0.4, 0.5) is 5.82 Å². The molecule has 0 radical (unpaired) electrons. The molecule has 0 spiro atoms. The lowest BCUT2D eigenvalue weighted by Crippen LogP contribution is -2.27. The zero-order chi connectivity index (χ0) is 12.0. The second-order valence-corrected chi connectivity index (χ2v) is 4.17. The number of anilines is 1. The summed E-state index contributed by atoms with van der Waals surface area (Å²) < 4.78 is 1.51. The molecular weight excluding hydrogens is 224 g/mol. The number of hydrogen-bond acceptors (Lipinski definition) is 7. The molecule has 0 aliphatic heterocycles. The molecule has 0 bridgehead atoms. The molecule has 1 fully saturated rings. The average Bonchev–Trinajstić information content (AvgIpc) is 2.86. The highest BCUT2D eigenvalue weighted by atomic mass is 16.3. The summed E-state index contributed by atoms with van der Waals surface area (Å²) in [6.07, 6.45) is 0.919. The van der Waals surface area contributed by atoms with Crippen LogP contribution in [0.5, 0.6) is 0 Å². The van der Waals surface area contributed by atoms with E-state index in [0.717, 1.165) is 0 Å². The van der Waals surface area contributed by atoms with Crippen LogP contribution in [0.3, 0.4) is 0 Å². The first kappa shape index (κ1) is 10.4. The lowest BCUT2D eigenvalue weighted by Gasteiger charge is -2.16. The van der Waals surface area contributed by atoms with E-state index in [0.29, 0.717) is 24.0 Å². The Bertz CT molecular complexity index is 555. The maximum atomic E-state index is 9.84. The van der Waals surface area contributed by atoms with Crippen molar-refractivity contribution < 1.29 is 10.2 Å². The Morgan fingerprint density at radius 2 is 2.12 bits per heavy atom. The van der Waals surface area contributed by atoms with Gasteiger partial charge in [-0.3, -0.25) is 0 Å². The number of hydrogen-bond donors (Lipinski definition) is 3. The van der Waals surface area contributed by atoms with E-state index in [4.69, 9.17) is 5.73 Å². The zero-order valence-corrected chi connectivity index (χ0v) is 8.93. The van der Waals surface area contributed by atoms with Crippen LogP contribution < -0.4 is 5.73 Å². The molecule has 8 heteroatoms. The first-order valence-electron chi connectivity index (χ1n) is 5.36. The molecule has 1 saturated carbocycles. The smallest absolute Gasteiger partial charge is 0.184 e. The molecule has 90 valence electrons. The first-order valence-corrected chi connectivity index (χ1v) is 5.36. The number of aliphatic hydroxyl groups excluding tert-OH is 2. The van der Waals surface area contributed by atoms with E-state index in [1.165, 1.54) is 11.0 Å². The van der Waals surface area contributed by atoms with Gasteiger partial charge in [0, 0.05) is 0 Å². The predicted octanol–water partition coefficient (Wildman–Crippen LogP) is -1.14. The molecular formula is C9H12N6O2. The van der Waals surface area contributed by atoms with Crippen LogP contribution in [0, 0.1) is 0 Å². The standard InChI is InChI=1S/C9H12N6O2/c10-8-6-9(12-3-11-8)15(14-13-6)4-1-2-5(16)7(4)17/h3-5,7,16-17H,1-2H2,(H2,10,11,12). The van der Waals surface area contributed by atoms with Gasteiger partial charge in [0.1, 0.15) is 12.4 Å². The molecule has 8 nitrogen and oxygen atoms in total. The topological polar surface area (TPSA) is 123 Å². The molecule has 1 aliphatic carbocycles. The number of nitrogen functional groups attached to an aromatic ring is 1. The Balaban J connectivity index is 2.10. The molecule has 2 aromatic rings. The molecule has 0 aromatic carbocycles. The Morgan fingerprint density at radius 3 is 2.82 bits per heavy atom. The first-order chi connectivity index (χ1) is 8.18. The highest BCUT2D eigenvalue weighted by Gasteiger charge is 2.36. The summed E-state index contributed by atoms with van der Waals surface area (Å²) in [6.45, 7) is 0. The summed E-state index contributed by atoms with van der Waals surface area (Å²) in [7, 11) is 0. The van der Waals surface area contributed by atoms with E-state index in [-0.39, 0.29) is 11.9 Å². The lowest BCUT2D eigenvalue weighted by molar-refractivity contribution is 0.0215. The van der Waals surface area contributed by atoms with Crippen molar-refractivity contribution in [1.82, 2.24) is 25.0 Å². The number of rotatable bonds is 1. The third-order valence-corrected chi connectivity index (χ3v) is 3.15. The maximum absolute atomic E-state index is 9.84. The largest absolute Gasteiger partial charge is 0.390 e. The number of aromatic nitrogens is 5. The van der Waals surface area contributed by atoms with Gasteiger partial charge in [-0.05, 0) is 12.8 Å². The third kappa shape index (κ3) is 1.45. The van der Waals surface area contributed by atoms with Crippen LogP contribution in [0.15, 0.2) is 6.33 Å². The molecule has 2 heterocycles. The van der Waals surface area contributed by atoms with Gasteiger partial charge in [0.15, 0.2) is 17.0 Å². The molecule has 17 heavy (non-hydrogen) atoms. The minimum Gasteiger partial charge on any atom is -0.390 e. The van der Waals surface area contributed by atoms with Crippen LogP contribution in [0.2, 0.25) is 0 Å². The maximum Gasteiger partial charge on any atom is 0.184 e. The third-order valence-electron chi connectivity index (χ3n) is 3.15. The van der Waals surface area contributed by atoms with Gasteiger partial charge in [0.2, 0.25) is 0 Å². The Kier molecular flexibility index (Phi) is 2.20. The van der Waals surface area contributed by atoms with Gasteiger partial charge in [-0.1, -0.05) is 5.21 Å². The Morgan fingerprint density at radius 1 is 1.29 bits per heavy atom. The van der Waals surface area contributed by atoms with E-state index in [1.54, 1.807) is 0 Å². The fourth-order valence-electron chi connectivity index (χ4n) is 2.21. The van der Waals surface area contributed by atoms with Gasteiger partial charge < -0.3 is 15.9 Å². The average molecular weight is 236 g/mol. The molecule has 0 amide bonds. The molecule has 1 aliphatic rings. The van der Waals surface area contributed by atoms with Crippen LogP contribution in [-0.2, 0) is 0 Å². The van der Waals surface area contributed by atoms with Crippen LogP contribution >= 0.6 is 0 Å². The van der Waals surface area contributed by atoms with Crippen molar-refractivity contribution in [3.8, 4) is 0 Å². The lowest BCUT2D eigenvalue weighted by atomic mass is 10.2. The monoisotopic (exact) mass is 236 g/mol. The van der Waals surface area contributed by atoms with Crippen molar-refractivity contribution in [2.24, 2.45) is 0 Å². The summed E-state index contributed by atoms with van der Waals surface area (Å²) in [6, 6.07) is -0.315. The predicted molar refractivity (Wildman–Crippen MR) is 57.8 cm³/mol. The van der Waals surface area contributed by atoms with Crippen molar-refractivity contribution in [3.05, 3.63) is 6.33 Å². The van der Waals surface area contributed by atoms with E-state index >= 15 is 0 Å². The van der Waals surface area contributed by atoms with Gasteiger partial charge in [-0.25, -0.2) is 14.6 Å². The van der Waals surface area contributed by atoms with Gasteiger partial charge in [0.05, 0.1) is 12.1 Å². The SMILES string of the molecule is Nc1ncnc2c1nnn2C1CCC(O)C1O. The molecule has 0 saturated heterocycles. The van der Waals surface area contributed by atoms with Gasteiger partial charge >= 0.3 is 0 Å². The van der Waals surface area contributed by atoms with E-state index in [2.05, 4.69) is 20.3 Å². The number of nitrogens with two attached hydrogens (primary N) is 1. The molecule has 3 rings (SSSR count). The summed E-state index contributed by atoms with van der Waals surface area (Å²) in [5.41, 5.74) is 6.55. The molecule has 2 aromatic heterocycles. The highest BCUT2D eigenvalue weighted by Crippen LogP contribution is 2.31. The Labute approximate surface area is 96.1 Å². The summed E-state index contributed by atoms with van der Waals surface area (Å²) in [5, 5.41) is 27.2. The summed E-state index contributed by atoms with van der Waals surface area (Å²) in [4.78, 5) is 7.88. The summed E-state index contributed by atoms with van der Waals surface area (Å²) >= 11 is 0. The fourth-order valence-corrected chi connectivity index (χ4v) is 2.21. The molecule has 3 unspecified atom stereocenters. The Hall–Kier alpha value is -1.80. The number of fused-ring (bicyclic) bond motifs is 1. The number of nitrogens with zero attached hydrogens (tertiary/aromatic N) is 5. The van der Waals surface area contributed by atoms with E-state index < -0.39 is 12.2 Å². The van der Waals surface area contributed by atoms with Crippen LogP contribution in [0.1, 0.15) is 18.9 Å². The summed E-state index contributed by atoms with van der Waals surface area (Å²) in [5.74, 6) is 0.259. The van der Waals surface area contributed by atoms with Crippen molar-refractivity contribution >= 4 is 17.0 Å². The van der Waals surface area contributed by atoms with Crippen molar-refractivity contribution in [2.45, 2.75) is 31.1 Å². The second-order valence-electron chi connectivity index (χ2n) is 4.17. The van der Waals surface area contributed by atoms with Gasteiger partial charge in [-0.15, -0.1) is 5.10 Å². The van der Waals surface area contributed by atoms with Crippen molar-refractivity contribution in [3.63, 3.8) is 0 Å². The fraction of sp³-hybridized carbons (Fsp3) is 0.556. The van der Waals surface area contributed by atoms with Crippen molar-refractivity contribution in [1.29, 1.82) is 0 Å². The zero-order valence-electron chi connectivity index (χ0n) is 8.93. The van der Waals surface area contributed by atoms with Crippen LogP contribution in [-0.4, -0.2) is 47.4 Å². The minimum atomic E-state index is -0.851. The van der Waals surface area contributed by atoms with E-state index in [1.807, 2.05) is 0 Å². The normalized spacial score (nSPS) is 28.9. The van der Waals surface area contributed by atoms with E-state index in [9.17, 15) is 10.2 Å². The molecule has 4 N–H and O–H groups in total. The molecule has 3 atom stereocenters. The van der Waals surface area contributed by atoms with Gasteiger partial charge in [-0.2, -0.15) is 0 Å². The highest BCUT2D eigenvalue weighted by molar-refractivity contribution is 5.80.